The van der Waals surface area contributed by atoms with Crippen LogP contribution in [0.15, 0.2) is 42.5 Å². The number of carbonyl (C=O) groups excluding carboxylic acids is 1. The summed E-state index contributed by atoms with van der Waals surface area (Å²) in [7, 11) is 3.39. The molecule has 1 aliphatic rings. The fourth-order valence-corrected chi connectivity index (χ4v) is 4.01. The van der Waals surface area contributed by atoms with E-state index in [-0.39, 0.29) is 6.61 Å². The Labute approximate surface area is 190 Å². The highest BCUT2D eigenvalue weighted by molar-refractivity contribution is 5.85. The van der Waals surface area contributed by atoms with Crippen LogP contribution in [-0.4, -0.2) is 39.1 Å². The summed E-state index contributed by atoms with van der Waals surface area (Å²) in [6.45, 7) is 4.14. The average molecular weight is 447 g/mol. The van der Waals surface area contributed by atoms with Gasteiger partial charge in [-0.05, 0) is 42.3 Å². The van der Waals surface area contributed by atoms with Gasteiger partial charge in [-0.1, -0.05) is 12.1 Å². The number of carbonyl (C=O) groups is 1. The van der Waals surface area contributed by atoms with E-state index in [9.17, 15) is 4.79 Å². The maximum Gasteiger partial charge on any atom is 0.413 e. The number of nitrogens with zero attached hydrogens (tertiary/aromatic N) is 4. The van der Waals surface area contributed by atoms with Gasteiger partial charge in [0.1, 0.15) is 30.6 Å². The number of imidazole rings is 1. The molecule has 33 heavy (non-hydrogen) atoms. The first-order chi connectivity index (χ1) is 16.0. The lowest BCUT2D eigenvalue weighted by atomic mass is 10.1. The molecular formula is C24H25N5O4. The highest BCUT2D eigenvalue weighted by Crippen LogP contribution is 2.31. The minimum Gasteiger partial charge on any atom is -0.496 e. The van der Waals surface area contributed by atoms with Crippen LogP contribution in [-0.2, 0) is 36.3 Å². The number of hydrogen-bond acceptors (Lipinski definition) is 6. The van der Waals surface area contributed by atoms with Crippen LogP contribution in [0.2, 0.25) is 0 Å². The first-order valence-corrected chi connectivity index (χ1v) is 10.7. The van der Waals surface area contributed by atoms with Crippen molar-refractivity contribution in [2.75, 3.05) is 19.0 Å². The Morgan fingerprint density at radius 3 is 2.94 bits per heavy atom. The molecular weight excluding hydrogens is 422 g/mol. The van der Waals surface area contributed by atoms with E-state index in [1.54, 1.807) is 24.9 Å². The van der Waals surface area contributed by atoms with Crippen molar-refractivity contribution < 1.29 is 19.0 Å². The third kappa shape index (κ3) is 4.14. The zero-order chi connectivity index (χ0) is 22.9. The van der Waals surface area contributed by atoms with Gasteiger partial charge < -0.3 is 18.8 Å². The summed E-state index contributed by atoms with van der Waals surface area (Å²) < 4.78 is 20.2. The summed E-state index contributed by atoms with van der Waals surface area (Å²) in [6, 6.07) is 13.6. The standard InChI is InChI=1S/C24H25N5O4/c1-15-4-6-17(21(10-15)31-3)18-12-22(28(2)27-18)26-24(30)33-13-16-5-7-20-19(11-16)25-23-14-32-9-8-29(20)23/h4-7,10-12H,8-9,13-14H2,1-3H3,(H,26,30). The largest absolute Gasteiger partial charge is 0.496 e. The molecule has 2 aromatic heterocycles. The second-order valence-electron chi connectivity index (χ2n) is 8.00. The molecule has 0 fully saturated rings. The number of anilines is 1. The number of nitrogens with one attached hydrogen (secondary N) is 1. The number of rotatable bonds is 5. The fraction of sp³-hybridized carbons (Fsp3) is 0.292. The van der Waals surface area contributed by atoms with Gasteiger partial charge in [-0.15, -0.1) is 0 Å². The van der Waals surface area contributed by atoms with Gasteiger partial charge in [0.05, 0.1) is 30.4 Å². The first kappa shape index (κ1) is 21.0. The molecule has 170 valence electrons. The number of benzene rings is 2. The third-order valence-electron chi connectivity index (χ3n) is 5.69. The molecule has 9 nitrogen and oxygen atoms in total. The molecule has 9 heteroatoms. The first-order valence-electron chi connectivity index (χ1n) is 10.7. The smallest absolute Gasteiger partial charge is 0.413 e. The highest BCUT2D eigenvalue weighted by atomic mass is 16.5. The predicted octanol–water partition coefficient (Wildman–Crippen LogP) is 4.03. The van der Waals surface area contributed by atoms with Gasteiger partial charge >= 0.3 is 6.09 Å². The molecule has 0 saturated carbocycles. The fourth-order valence-electron chi connectivity index (χ4n) is 4.01. The summed E-state index contributed by atoms with van der Waals surface area (Å²) in [5.74, 6) is 2.17. The van der Waals surface area contributed by atoms with E-state index in [0.717, 1.165) is 45.8 Å². The van der Waals surface area contributed by atoms with Crippen LogP contribution in [0, 0.1) is 6.92 Å². The maximum absolute atomic E-state index is 12.4. The van der Waals surface area contributed by atoms with E-state index >= 15 is 0 Å². The van der Waals surface area contributed by atoms with Crippen molar-refractivity contribution >= 4 is 22.9 Å². The van der Waals surface area contributed by atoms with E-state index in [1.165, 1.54) is 0 Å². The van der Waals surface area contributed by atoms with Crippen molar-refractivity contribution in [1.29, 1.82) is 0 Å². The van der Waals surface area contributed by atoms with Gasteiger partial charge in [-0.25, -0.2) is 9.78 Å². The minimum absolute atomic E-state index is 0.136. The molecule has 0 bridgehead atoms. The van der Waals surface area contributed by atoms with Crippen molar-refractivity contribution in [2.45, 2.75) is 26.7 Å². The molecule has 3 heterocycles. The Bertz CT molecular complexity index is 1340. The number of aryl methyl sites for hydroxylation is 2. The van der Waals surface area contributed by atoms with E-state index in [1.807, 2.05) is 43.3 Å². The van der Waals surface area contributed by atoms with Crippen LogP contribution >= 0.6 is 0 Å². The maximum atomic E-state index is 12.4. The number of methoxy groups -OCH3 is 1. The van der Waals surface area contributed by atoms with Crippen LogP contribution in [0.4, 0.5) is 10.6 Å². The normalized spacial score (nSPS) is 13.1. The van der Waals surface area contributed by atoms with Crippen molar-refractivity contribution in [3.8, 4) is 17.0 Å². The highest BCUT2D eigenvalue weighted by Gasteiger charge is 2.16. The molecule has 0 aliphatic carbocycles. The van der Waals surface area contributed by atoms with Crippen molar-refractivity contribution in [2.24, 2.45) is 7.05 Å². The molecule has 5 rings (SSSR count). The zero-order valence-electron chi connectivity index (χ0n) is 18.8. The molecule has 0 saturated heterocycles. The molecule has 1 amide bonds. The van der Waals surface area contributed by atoms with Crippen LogP contribution in [0.3, 0.4) is 0 Å². The average Bonchev–Trinajstić information content (AvgIpc) is 3.37. The molecule has 0 radical (unpaired) electrons. The van der Waals surface area contributed by atoms with Crippen LogP contribution in [0.5, 0.6) is 5.75 Å². The van der Waals surface area contributed by atoms with Gasteiger partial charge in [0.15, 0.2) is 0 Å². The summed E-state index contributed by atoms with van der Waals surface area (Å²) in [4.78, 5) is 17.1. The number of hydrogen-bond donors (Lipinski definition) is 1. The Balaban J connectivity index is 1.26. The van der Waals surface area contributed by atoms with Gasteiger partial charge in [0.25, 0.3) is 0 Å². The number of amides is 1. The summed E-state index contributed by atoms with van der Waals surface area (Å²) >= 11 is 0. The Morgan fingerprint density at radius 2 is 2.09 bits per heavy atom. The summed E-state index contributed by atoms with van der Waals surface area (Å²) in [5, 5.41) is 7.26. The second-order valence-corrected chi connectivity index (χ2v) is 8.00. The molecule has 2 aromatic carbocycles. The van der Waals surface area contributed by atoms with E-state index in [4.69, 9.17) is 14.2 Å². The lowest BCUT2D eigenvalue weighted by molar-refractivity contribution is 0.0830. The monoisotopic (exact) mass is 447 g/mol. The van der Waals surface area contributed by atoms with Crippen LogP contribution < -0.4 is 10.1 Å². The van der Waals surface area contributed by atoms with Crippen LogP contribution in [0.25, 0.3) is 22.3 Å². The number of ether oxygens (including phenoxy) is 3. The van der Waals surface area contributed by atoms with Crippen molar-refractivity contribution in [3.05, 3.63) is 59.4 Å². The topological polar surface area (TPSA) is 92.4 Å². The zero-order valence-corrected chi connectivity index (χ0v) is 18.8. The second kappa shape index (κ2) is 8.59. The van der Waals surface area contributed by atoms with Gasteiger partial charge in [0.2, 0.25) is 0 Å². The Kier molecular flexibility index (Phi) is 5.47. The molecule has 0 unspecified atom stereocenters. The SMILES string of the molecule is COc1cc(C)ccc1-c1cc(NC(=O)OCc2ccc3c(c2)nc2n3CCOC2)n(C)n1. The predicted molar refractivity (Wildman–Crippen MR) is 123 cm³/mol. The van der Waals surface area contributed by atoms with Gasteiger partial charge in [-0.2, -0.15) is 5.10 Å². The van der Waals surface area contributed by atoms with Gasteiger partial charge in [0, 0.05) is 25.2 Å². The molecule has 0 spiro atoms. The Hall–Kier alpha value is -3.85. The lowest BCUT2D eigenvalue weighted by Gasteiger charge is -2.14. The molecule has 1 aliphatic heterocycles. The molecule has 0 atom stereocenters. The van der Waals surface area contributed by atoms with Crippen molar-refractivity contribution in [3.63, 3.8) is 0 Å². The van der Waals surface area contributed by atoms with E-state index in [0.29, 0.717) is 24.7 Å². The van der Waals surface area contributed by atoms with Crippen LogP contribution in [0.1, 0.15) is 17.0 Å². The third-order valence-corrected chi connectivity index (χ3v) is 5.69. The van der Waals surface area contributed by atoms with E-state index < -0.39 is 6.09 Å². The summed E-state index contributed by atoms with van der Waals surface area (Å²) in [5.41, 5.74) is 5.44. The quantitative estimate of drug-likeness (QED) is 0.497. The van der Waals surface area contributed by atoms with Crippen molar-refractivity contribution in [1.82, 2.24) is 19.3 Å². The minimum atomic E-state index is -0.557. The van der Waals surface area contributed by atoms with Gasteiger partial charge in [-0.3, -0.25) is 10.00 Å². The Morgan fingerprint density at radius 1 is 1.21 bits per heavy atom. The lowest BCUT2D eigenvalue weighted by Crippen LogP contribution is -2.16. The van der Waals surface area contributed by atoms with E-state index in [2.05, 4.69) is 20.0 Å². The summed E-state index contributed by atoms with van der Waals surface area (Å²) in [6.07, 6.45) is -0.557. The number of aromatic nitrogens is 4. The molecule has 4 aromatic rings. The molecule has 1 N–H and O–H groups in total. The number of fused-ring (bicyclic) bond motifs is 3.